The summed E-state index contributed by atoms with van der Waals surface area (Å²) in [5.74, 6) is 0.789. The highest BCUT2D eigenvalue weighted by molar-refractivity contribution is 5.34. The second kappa shape index (κ2) is 6.73. The fourth-order valence-corrected chi connectivity index (χ4v) is 2.35. The second-order valence-electron chi connectivity index (χ2n) is 5.29. The minimum atomic E-state index is -0.00156. The summed E-state index contributed by atoms with van der Waals surface area (Å²) in [4.78, 5) is 2.14. The van der Waals surface area contributed by atoms with Gasteiger partial charge in [-0.3, -0.25) is 9.36 Å². The highest BCUT2D eigenvalue weighted by Gasteiger charge is 2.23. The van der Waals surface area contributed by atoms with Gasteiger partial charge in [0.15, 0.2) is 5.75 Å². The van der Waals surface area contributed by atoms with E-state index < -0.39 is 0 Å². The van der Waals surface area contributed by atoms with E-state index in [0.29, 0.717) is 0 Å². The summed E-state index contributed by atoms with van der Waals surface area (Å²) in [5.41, 5.74) is 2.11. The van der Waals surface area contributed by atoms with Crippen LogP contribution in [0.2, 0.25) is 0 Å². The average molecular weight is 292 g/mol. The molecule has 1 unspecified atom stereocenters. The topological polar surface area (TPSA) is 60.1 Å². The lowest BCUT2D eigenvalue weighted by atomic mass is 10.1. The van der Waals surface area contributed by atoms with Crippen LogP contribution in [0.4, 0.5) is 0 Å². The molecule has 0 radical (unpaired) electrons. The van der Waals surface area contributed by atoms with Gasteiger partial charge < -0.3 is 15.0 Å². The van der Waals surface area contributed by atoms with Crippen LogP contribution in [0.5, 0.6) is 5.75 Å². The van der Waals surface area contributed by atoms with Crippen LogP contribution in [0.25, 0.3) is 0 Å². The molecule has 116 valence electrons. The summed E-state index contributed by atoms with van der Waals surface area (Å²) < 4.78 is 9.27. The molecule has 0 amide bonds. The van der Waals surface area contributed by atoms with Crippen molar-refractivity contribution in [1.82, 2.24) is 29.8 Å². The summed E-state index contributed by atoms with van der Waals surface area (Å²) in [6.45, 7) is 1.73. The third-order valence-electron chi connectivity index (χ3n) is 3.44. The van der Waals surface area contributed by atoms with Gasteiger partial charge in [-0.25, -0.2) is 0 Å². The molecule has 1 atom stereocenters. The van der Waals surface area contributed by atoms with Crippen LogP contribution < -0.4 is 10.1 Å². The van der Waals surface area contributed by atoms with E-state index in [1.54, 1.807) is 18.0 Å². The number of aryl methyl sites for hydroxylation is 1. The Bertz CT molecular complexity index is 574. The van der Waals surface area contributed by atoms with Crippen LogP contribution in [0, 0.1) is 0 Å². The average Bonchev–Trinajstić information content (AvgIpc) is 3.05. The van der Waals surface area contributed by atoms with Gasteiger partial charge in [0.1, 0.15) is 5.69 Å². The lowest BCUT2D eigenvalue weighted by Gasteiger charge is -2.19. The predicted octanol–water partition coefficient (Wildman–Crippen LogP) is 0.496. The minimum Gasteiger partial charge on any atom is -0.493 e. The first-order valence-corrected chi connectivity index (χ1v) is 6.97. The van der Waals surface area contributed by atoms with E-state index in [9.17, 15) is 0 Å². The van der Waals surface area contributed by atoms with Crippen LogP contribution in [-0.2, 0) is 13.6 Å². The molecule has 7 heteroatoms. The number of likely N-dealkylation sites (N-methyl/N-ethyl adjacent to an activating group) is 1. The molecule has 0 aromatic carbocycles. The van der Waals surface area contributed by atoms with E-state index in [1.165, 1.54) is 0 Å². The highest BCUT2D eigenvalue weighted by Crippen LogP contribution is 2.29. The van der Waals surface area contributed by atoms with E-state index in [1.807, 2.05) is 31.2 Å². The number of hydrogen-bond donors (Lipinski definition) is 1. The van der Waals surface area contributed by atoms with E-state index in [-0.39, 0.29) is 6.04 Å². The molecule has 7 nitrogen and oxygen atoms in total. The van der Waals surface area contributed by atoms with E-state index in [0.717, 1.165) is 30.1 Å². The molecule has 1 N–H and O–H groups in total. The lowest BCUT2D eigenvalue weighted by molar-refractivity contribution is 0.361. The summed E-state index contributed by atoms with van der Waals surface area (Å²) >= 11 is 0. The van der Waals surface area contributed by atoms with Crippen molar-refractivity contribution in [3.8, 4) is 5.75 Å². The SMILES string of the molecule is CNC(c1cnn(C)c1)c1c(OC)cnn1CCN(C)C. The van der Waals surface area contributed by atoms with Crippen molar-refractivity contribution in [2.24, 2.45) is 7.05 Å². The van der Waals surface area contributed by atoms with Gasteiger partial charge in [0.2, 0.25) is 0 Å². The van der Waals surface area contributed by atoms with E-state index >= 15 is 0 Å². The monoisotopic (exact) mass is 292 g/mol. The molecular weight excluding hydrogens is 268 g/mol. The number of nitrogens with one attached hydrogen (secondary N) is 1. The molecule has 0 saturated carbocycles. The zero-order valence-corrected chi connectivity index (χ0v) is 13.4. The first-order valence-electron chi connectivity index (χ1n) is 6.97. The van der Waals surface area contributed by atoms with Gasteiger partial charge >= 0.3 is 0 Å². The molecule has 2 rings (SSSR count). The van der Waals surface area contributed by atoms with Crippen LogP contribution in [0.15, 0.2) is 18.6 Å². The smallest absolute Gasteiger partial charge is 0.161 e. The predicted molar refractivity (Wildman–Crippen MR) is 81.4 cm³/mol. The Morgan fingerprint density at radius 1 is 1.33 bits per heavy atom. The Balaban J connectivity index is 2.36. The van der Waals surface area contributed by atoms with Crippen molar-refractivity contribution in [3.63, 3.8) is 0 Å². The van der Waals surface area contributed by atoms with Crippen molar-refractivity contribution in [3.05, 3.63) is 29.8 Å². The van der Waals surface area contributed by atoms with Crippen molar-refractivity contribution in [2.75, 3.05) is 34.8 Å². The third-order valence-corrected chi connectivity index (χ3v) is 3.44. The first-order chi connectivity index (χ1) is 10.1. The van der Waals surface area contributed by atoms with E-state index in [4.69, 9.17) is 4.74 Å². The molecule has 21 heavy (non-hydrogen) atoms. The number of ether oxygens (including phenoxy) is 1. The van der Waals surface area contributed by atoms with Crippen LogP contribution in [0.3, 0.4) is 0 Å². The molecule has 0 fully saturated rings. The molecule has 0 saturated heterocycles. The van der Waals surface area contributed by atoms with E-state index in [2.05, 4.69) is 34.5 Å². The normalized spacial score (nSPS) is 12.9. The number of rotatable bonds is 7. The van der Waals surface area contributed by atoms with Crippen molar-refractivity contribution >= 4 is 0 Å². The molecule has 0 aliphatic carbocycles. The van der Waals surface area contributed by atoms with Crippen LogP contribution >= 0.6 is 0 Å². The highest BCUT2D eigenvalue weighted by atomic mass is 16.5. The Labute approximate surface area is 125 Å². The molecule has 0 aliphatic heterocycles. The van der Waals surface area contributed by atoms with Gasteiger partial charge in [-0.2, -0.15) is 10.2 Å². The first kappa shape index (κ1) is 15.5. The van der Waals surface area contributed by atoms with Gasteiger partial charge in [-0.05, 0) is 21.1 Å². The molecule has 0 aliphatic rings. The number of aromatic nitrogens is 4. The molecule has 0 bridgehead atoms. The van der Waals surface area contributed by atoms with Crippen LogP contribution in [-0.4, -0.2) is 59.3 Å². The maximum atomic E-state index is 5.48. The Morgan fingerprint density at radius 2 is 2.10 bits per heavy atom. The Hall–Kier alpha value is -1.86. The fourth-order valence-electron chi connectivity index (χ4n) is 2.35. The zero-order chi connectivity index (χ0) is 15.4. The van der Waals surface area contributed by atoms with Gasteiger partial charge in [0.25, 0.3) is 0 Å². The number of nitrogens with zero attached hydrogens (tertiary/aromatic N) is 5. The van der Waals surface area contributed by atoms with Crippen molar-refractivity contribution in [1.29, 1.82) is 0 Å². The molecule has 2 heterocycles. The quantitative estimate of drug-likeness (QED) is 0.805. The lowest BCUT2D eigenvalue weighted by Crippen LogP contribution is -2.25. The van der Waals surface area contributed by atoms with Crippen molar-refractivity contribution in [2.45, 2.75) is 12.6 Å². The summed E-state index contributed by atoms with van der Waals surface area (Å²) in [6.07, 6.45) is 5.64. The van der Waals surface area contributed by atoms with Gasteiger partial charge in [-0.15, -0.1) is 0 Å². The second-order valence-corrected chi connectivity index (χ2v) is 5.29. The minimum absolute atomic E-state index is 0.00156. The molecule has 2 aromatic rings. The maximum Gasteiger partial charge on any atom is 0.161 e. The molecular formula is C14H24N6O. The number of hydrogen-bond acceptors (Lipinski definition) is 5. The van der Waals surface area contributed by atoms with Gasteiger partial charge in [-0.1, -0.05) is 0 Å². The van der Waals surface area contributed by atoms with Gasteiger partial charge in [0, 0.05) is 25.4 Å². The summed E-state index contributed by atoms with van der Waals surface area (Å²) in [5, 5.41) is 12.0. The zero-order valence-electron chi connectivity index (χ0n) is 13.4. The standard InChI is InChI=1S/C14H24N6O/c1-15-13(11-8-16-19(4)10-11)14-12(21-5)9-17-20(14)7-6-18(2)3/h8-10,13,15H,6-7H2,1-5H3. The van der Waals surface area contributed by atoms with Crippen molar-refractivity contribution < 1.29 is 4.74 Å². The summed E-state index contributed by atoms with van der Waals surface area (Å²) in [7, 11) is 9.62. The largest absolute Gasteiger partial charge is 0.493 e. The Morgan fingerprint density at radius 3 is 2.62 bits per heavy atom. The Kier molecular flexibility index (Phi) is 4.98. The molecule has 2 aromatic heterocycles. The number of methoxy groups -OCH3 is 1. The van der Waals surface area contributed by atoms with Crippen LogP contribution in [0.1, 0.15) is 17.3 Å². The van der Waals surface area contributed by atoms with Gasteiger partial charge in [0.05, 0.1) is 32.1 Å². The molecule has 0 spiro atoms. The third kappa shape index (κ3) is 3.43. The summed E-state index contributed by atoms with van der Waals surface area (Å²) in [6, 6.07) is -0.00156. The maximum absolute atomic E-state index is 5.48. The fraction of sp³-hybridized carbons (Fsp3) is 0.571.